The Morgan fingerprint density at radius 1 is 1.00 bits per heavy atom. The summed E-state index contributed by atoms with van der Waals surface area (Å²) in [5.74, 6) is 0.991. The number of fused-ring (bicyclic) bond motifs is 1. The summed E-state index contributed by atoms with van der Waals surface area (Å²) < 4.78 is 0. The van der Waals surface area contributed by atoms with Gasteiger partial charge in [0.05, 0.1) is 5.52 Å². The maximum atomic E-state index is 4.59. The lowest BCUT2D eigenvalue weighted by atomic mass is 10.2. The van der Waals surface area contributed by atoms with Crippen molar-refractivity contribution in [3.63, 3.8) is 0 Å². The summed E-state index contributed by atoms with van der Waals surface area (Å²) >= 11 is 0. The van der Waals surface area contributed by atoms with E-state index in [0.29, 0.717) is 6.04 Å². The third-order valence-corrected chi connectivity index (χ3v) is 5.20. The quantitative estimate of drug-likeness (QED) is 0.850. The second-order valence-corrected chi connectivity index (χ2v) is 6.42. The molecule has 0 radical (unpaired) electrons. The Bertz CT molecular complexity index is 662. The van der Waals surface area contributed by atoms with Crippen molar-refractivity contribution in [2.75, 3.05) is 50.7 Å². The normalized spacial score (nSPS) is 23.7. The predicted molar refractivity (Wildman–Crippen MR) is 91.6 cm³/mol. The molecule has 1 atom stereocenters. The van der Waals surface area contributed by atoms with Gasteiger partial charge in [0.2, 0.25) is 0 Å². The van der Waals surface area contributed by atoms with E-state index < -0.39 is 0 Å². The van der Waals surface area contributed by atoms with E-state index in [4.69, 9.17) is 0 Å². The van der Waals surface area contributed by atoms with Gasteiger partial charge in [-0.05, 0) is 19.0 Å². The molecule has 0 saturated carbocycles. The minimum absolute atomic E-state index is 0.641. The number of aromatic nitrogens is 3. The lowest BCUT2D eigenvalue weighted by Gasteiger charge is -2.37. The Labute approximate surface area is 137 Å². The van der Waals surface area contributed by atoms with E-state index in [9.17, 15) is 0 Å². The SMILES string of the molecule is CCN1CCN([C@H]2CCN(c3nccc4nccnc34)C2)CC1. The van der Waals surface area contributed by atoms with Crippen LogP contribution in [0.15, 0.2) is 24.7 Å². The number of pyridine rings is 1. The summed E-state index contributed by atoms with van der Waals surface area (Å²) in [6.45, 7) is 10.3. The maximum Gasteiger partial charge on any atom is 0.156 e. The zero-order chi connectivity index (χ0) is 15.6. The number of hydrogen-bond acceptors (Lipinski definition) is 6. The molecule has 0 N–H and O–H groups in total. The number of likely N-dealkylation sites (N-methyl/N-ethyl adjacent to an activating group) is 1. The van der Waals surface area contributed by atoms with Crippen molar-refractivity contribution in [2.45, 2.75) is 19.4 Å². The van der Waals surface area contributed by atoms with Crippen molar-refractivity contribution in [1.82, 2.24) is 24.8 Å². The molecule has 122 valence electrons. The van der Waals surface area contributed by atoms with Gasteiger partial charge in [-0.3, -0.25) is 9.88 Å². The van der Waals surface area contributed by atoms with E-state index >= 15 is 0 Å². The molecule has 2 saturated heterocycles. The Morgan fingerprint density at radius 3 is 2.65 bits per heavy atom. The molecule has 2 aliphatic heterocycles. The van der Waals surface area contributed by atoms with Gasteiger partial charge in [0.15, 0.2) is 5.82 Å². The molecule has 4 rings (SSSR count). The van der Waals surface area contributed by atoms with Crippen LogP contribution in [0, 0.1) is 0 Å². The first kappa shape index (κ1) is 14.8. The number of rotatable bonds is 3. The molecule has 0 spiro atoms. The highest BCUT2D eigenvalue weighted by atomic mass is 15.3. The minimum atomic E-state index is 0.641. The predicted octanol–water partition coefficient (Wildman–Crippen LogP) is 1.24. The van der Waals surface area contributed by atoms with Crippen LogP contribution in [0.5, 0.6) is 0 Å². The highest BCUT2D eigenvalue weighted by Crippen LogP contribution is 2.26. The first-order chi connectivity index (χ1) is 11.3. The molecule has 2 fully saturated rings. The van der Waals surface area contributed by atoms with Crippen LogP contribution in [0.2, 0.25) is 0 Å². The van der Waals surface area contributed by atoms with Crippen molar-refractivity contribution in [1.29, 1.82) is 0 Å². The molecular weight excluding hydrogens is 288 g/mol. The molecule has 6 nitrogen and oxygen atoms in total. The fourth-order valence-electron chi connectivity index (χ4n) is 3.79. The molecule has 6 heteroatoms. The van der Waals surface area contributed by atoms with Gasteiger partial charge in [0, 0.05) is 63.9 Å². The van der Waals surface area contributed by atoms with Gasteiger partial charge in [-0.25, -0.2) is 9.97 Å². The highest BCUT2D eigenvalue weighted by Gasteiger charge is 2.31. The summed E-state index contributed by atoms with van der Waals surface area (Å²) in [5.41, 5.74) is 1.85. The van der Waals surface area contributed by atoms with Gasteiger partial charge >= 0.3 is 0 Å². The van der Waals surface area contributed by atoms with Crippen molar-refractivity contribution in [2.24, 2.45) is 0 Å². The van der Waals surface area contributed by atoms with Crippen LogP contribution in [-0.4, -0.2) is 76.6 Å². The molecule has 0 aliphatic carbocycles. The average Bonchev–Trinajstić information content (AvgIpc) is 3.11. The van der Waals surface area contributed by atoms with Crippen LogP contribution >= 0.6 is 0 Å². The fourth-order valence-corrected chi connectivity index (χ4v) is 3.79. The number of anilines is 1. The summed E-state index contributed by atoms with van der Waals surface area (Å²) in [6.07, 6.45) is 6.56. The lowest BCUT2D eigenvalue weighted by molar-refractivity contribution is 0.107. The van der Waals surface area contributed by atoms with Gasteiger partial charge in [0.1, 0.15) is 5.52 Å². The molecule has 2 aromatic rings. The van der Waals surface area contributed by atoms with Crippen LogP contribution in [0.25, 0.3) is 11.0 Å². The summed E-state index contributed by atoms with van der Waals surface area (Å²) in [4.78, 5) is 21.1. The summed E-state index contributed by atoms with van der Waals surface area (Å²) in [7, 11) is 0. The molecule has 0 amide bonds. The molecule has 0 unspecified atom stereocenters. The van der Waals surface area contributed by atoms with E-state index in [0.717, 1.165) is 29.9 Å². The Kier molecular flexibility index (Phi) is 4.10. The smallest absolute Gasteiger partial charge is 0.156 e. The molecule has 4 heterocycles. The topological polar surface area (TPSA) is 48.4 Å². The third-order valence-electron chi connectivity index (χ3n) is 5.20. The Hall–Kier alpha value is -1.79. The third kappa shape index (κ3) is 2.88. The summed E-state index contributed by atoms with van der Waals surface area (Å²) in [5, 5.41) is 0. The van der Waals surface area contributed by atoms with Crippen LogP contribution in [-0.2, 0) is 0 Å². The molecule has 2 aromatic heterocycles. The standard InChI is InChI=1S/C17H24N6/c1-2-21-9-11-22(12-10-21)14-4-8-23(13-14)17-16-15(3-5-20-17)18-6-7-19-16/h3,5-7,14H,2,4,8-13H2,1H3/t14-/m0/s1. The van der Waals surface area contributed by atoms with Crippen molar-refractivity contribution < 1.29 is 0 Å². The van der Waals surface area contributed by atoms with Gasteiger partial charge in [0.25, 0.3) is 0 Å². The van der Waals surface area contributed by atoms with E-state index in [1.54, 1.807) is 12.4 Å². The Morgan fingerprint density at radius 2 is 1.83 bits per heavy atom. The Balaban J connectivity index is 1.48. The van der Waals surface area contributed by atoms with Crippen molar-refractivity contribution in [3.05, 3.63) is 24.7 Å². The average molecular weight is 312 g/mol. The maximum absolute atomic E-state index is 4.59. The van der Waals surface area contributed by atoms with Crippen LogP contribution in [0.1, 0.15) is 13.3 Å². The zero-order valence-corrected chi connectivity index (χ0v) is 13.7. The molecule has 0 aromatic carbocycles. The lowest BCUT2D eigenvalue weighted by Crippen LogP contribution is -2.50. The van der Waals surface area contributed by atoms with Crippen molar-refractivity contribution in [3.8, 4) is 0 Å². The van der Waals surface area contributed by atoms with E-state index in [1.165, 1.54) is 39.1 Å². The molecule has 23 heavy (non-hydrogen) atoms. The van der Waals surface area contributed by atoms with E-state index in [1.807, 2.05) is 12.3 Å². The zero-order valence-electron chi connectivity index (χ0n) is 13.7. The van der Waals surface area contributed by atoms with Gasteiger partial charge in [-0.15, -0.1) is 0 Å². The monoisotopic (exact) mass is 312 g/mol. The van der Waals surface area contributed by atoms with Crippen molar-refractivity contribution >= 4 is 16.9 Å². The first-order valence-corrected chi connectivity index (χ1v) is 8.62. The van der Waals surface area contributed by atoms with Crippen LogP contribution < -0.4 is 4.90 Å². The van der Waals surface area contributed by atoms with Gasteiger partial charge in [-0.1, -0.05) is 6.92 Å². The minimum Gasteiger partial charge on any atom is -0.353 e. The summed E-state index contributed by atoms with van der Waals surface area (Å²) in [6, 6.07) is 2.58. The second-order valence-electron chi connectivity index (χ2n) is 6.42. The molecule has 2 aliphatic rings. The van der Waals surface area contributed by atoms with Crippen LogP contribution in [0.3, 0.4) is 0 Å². The largest absolute Gasteiger partial charge is 0.353 e. The van der Waals surface area contributed by atoms with Gasteiger partial charge < -0.3 is 9.80 Å². The van der Waals surface area contributed by atoms with Crippen LogP contribution in [0.4, 0.5) is 5.82 Å². The number of nitrogens with zero attached hydrogens (tertiary/aromatic N) is 6. The number of hydrogen-bond donors (Lipinski definition) is 0. The first-order valence-electron chi connectivity index (χ1n) is 8.62. The number of piperazine rings is 1. The second kappa shape index (κ2) is 6.37. The highest BCUT2D eigenvalue weighted by molar-refractivity contribution is 5.85. The molecule has 0 bridgehead atoms. The molecular formula is C17H24N6. The van der Waals surface area contributed by atoms with E-state index in [2.05, 4.69) is 36.6 Å². The fraction of sp³-hybridized carbons (Fsp3) is 0.588. The van der Waals surface area contributed by atoms with Gasteiger partial charge in [-0.2, -0.15) is 0 Å². The van der Waals surface area contributed by atoms with E-state index in [-0.39, 0.29) is 0 Å².